The second-order valence-electron chi connectivity index (χ2n) is 7.07. The van der Waals surface area contributed by atoms with E-state index >= 15 is 0 Å². The standard InChI is InChI=1S/C11H12BrNO.C7H4BrFO.C5H10/c12-10-4-3-9(8-14)11(7-10)13-5-1-2-6-13;8-6-2-1-5(4-10)7(9)3-6;1-2-4-5-3-1/h3-4,7-8H,1-2,5-6H2;1-4H;1-5H2. The molecule has 0 bridgehead atoms. The molecule has 6 heteroatoms. The second kappa shape index (κ2) is 12.9. The molecule has 0 spiro atoms. The van der Waals surface area contributed by atoms with Gasteiger partial charge in [-0.05, 0) is 49.2 Å². The highest BCUT2D eigenvalue weighted by molar-refractivity contribution is 9.10. The van der Waals surface area contributed by atoms with Crippen LogP contribution in [0.4, 0.5) is 10.1 Å². The molecule has 1 heterocycles. The van der Waals surface area contributed by atoms with Crippen LogP contribution < -0.4 is 4.90 Å². The molecule has 1 saturated carbocycles. The zero-order chi connectivity index (χ0) is 21.1. The highest BCUT2D eigenvalue weighted by Gasteiger charge is 2.15. The fraction of sp³-hybridized carbons (Fsp3) is 0.391. The van der Waals surface area contributed by atoms with E-state index < -0.39 is 5.82 Å². The largest absolute Gasteiger partial charge is 0.371 e. The monoisotopic (exact) mass is 525 g/mol. The minimum absolute atomic E-state index is 0.0863. The average Bonchev–Trinajstić information content (AvgIpc) is 3.45. The Bertz CT molecular complexity index is 796. The summed E-state index contributed by atoms with van der Waals surface area (Å²) in [7, 11) is 0. The number of hydrogen-bond donors (Lipinski definition) is 0. The van der Waals surface area contributed by atoms with E-state index in [-0.39, 0.29) is 5.56 Å². The number of benzene rings is 2. The lowest BCUT2D eigenvalue weighted by atomic mass is 10.2. The molecule has 29 heavy (non-hydrogen) atoms. The van der Waals surface area contributed by atoms with Gasteiger partial charge in [0.15, 0.2) is 12.6 Å². The van der Waals surface area contributed by atoms with E-state index in [0.29, 0.717) is 10.8 Å². The molecule has 4 rings (SSSR count). The minimum atomic E-state index is -0.496. The van der Waals surface area contributed by atoms with Crippen molar-refractivity contribution < 1.29 is 14.0 Å². The van der Waals surface area contributed by atoms with Gasteiger partial charge < -0.3 is 4.90 Å². The maximum absolute atomic E-state index is 12.6. The van der Waals surface area contributed by atoms with E-state index in [4.69, 9.17) is 0 Å². The van der Waals surface area contributed by atoms with Crippen LogP contribution >= 0.6 is 31.9 Å². The molecule has 1 aliphatic carbocycles. The molecule has 0 amide bonds. The summed E-state index contributed by atoms with van der Waals surface area (Å²) >= 11 is 6.50. The zero-order valence-corrected chi connectivity index (χ0v) is 19.6. The molecule has 0 radical (unpaired) electrons. The molecular formula is C23H26Br2FNO2. The molecule has 2 fully saturated rings. The van der Waals surface area contributed by atoms with Crippen LogP contribution in [0.5, 0.6) is 0 Å². The minimum Gasteiger partial charge on any atom is -0.371 e. The molecule has 2 aromatic carbocycles. The fourth-order valence-electron chi connectivity index (χ4n) is 3.33. The first-order valence-corrected chi connectivity index (χ1v) is 11.5. The molecule has 1 aliphatic heterocycles. The Labute approximate surface area is 188 Å². The second-order valence-corrected chi connectivity index (χ2v) is 8.90. The third-order valence-electron chi connectivity index (χ3n) is 4.91. The smallest absolute Gasteiger partial charge is 0.152 e. The number of carbonyl (C=O) groups excluding carboxylic acids is 2. The highest BCUT2D eigenvalue weighted by atomic mass is 79.9. The van der Waals surface area contributed by atoms with Crippen LogP contribution in [0.1, 0.15) is 65.7 Å². The number of hydrogen-bond acceptors (Lipinski definition) is 3. The Kier molecular flexibility index (Phi) is 10.6. The van der Waals surface area contributed by atoms with E-state index in [0.717, 1.165) is 35.1 Å². The molecule has 0 N–H and O–H groups in total. The molecule has 2 aliphatic rings. The predicted molar refractivity (Wildman–Crippen MR) is 124 cm³/mol. The van der Waals surface area contributed by atoms with Gasteiger partial charge in [0.2, 0.25) is 0 Å². The zero-order valence-electron chi connectivity index (χ0n) is 16.4. The van der Waals surface area contributed by atoms with Crippen molar-refractivity contribution in [3.05, 3.63) is 62.3 Å². The quantitative estimate of drug-likeness (QED) is 0.396. The number of carbonyl (C=O) groups is 2. The van der Waals surface area contributed by atoms with Crippen LogP contribution in [0.3, 0.4) is 0 Å². The molecule has 156 valence electrons. The normalized spacial score (nSPS) is 15.1. The SMILES string of the molecule is C1CCCC1.O=Cc1ccc(Br)cc1F.O=Cc1ccc(Br)cc1N1CCCC1. The third kappa shape index (κ3) is 8.01. The Hall–Kier alpha value is -1.53. The van der Waals surface area contributed by atoms with Crippen molar-refractivity contribution >= 4 is 50.1 Å². The van der Waals surface area contributed by atoms with Gasteiger partial charge in [0, 0.05) is 33.3 Å². The Balaban J connectivity index is 0.000000173. The summed E-state index contributed by atoms with van der Waals surface area (Å²) in [6, 6.07) is 10.1. The van der Waals surface area contributed by atoms with Crippen LogP contribution in [0.15, 0.2) is 45.3 Å². The molecule has 0 aromatic heterocycles. The Morgan fingerprint density at radius 1 is 0.724 bits per heavy atom. The van der Waals surface area contributed by atoms with E-state index in [2.05, 4.69) is 36.8 Å². The molecule has 0 unspecified atom stereocenters. The highest BCUT2D eigenvalue weighted by Crippen LogP contribution is 2.27. The van der Waals surface area contributed by atoms with Gasteiger partial charge in [-0.1, -0.05) is 64.0 Å². The van der Waals surface area contributed by atoms with Crippen molar-refractivity contribution in [1.82, 2.24) is 0 Å². The van der Waals surface area contributed by atoms with Crippen LogP contribution in [0.25, 0.3) is 0 Å². The van der Waals surface area contributed by atoms with Crippen molar-refractivity contribution in [2.45, 2.75) is 44.9 Å². The van der Waals surface area contributed by atoms with E-state index in [1.54, 1.807) is 6.07 Å². The summed E-state index contributed by atoms with van der Waals surface area (Å²) in [5.74, 6) is -0.496. The Morgan fingerprint density at radius 2 is 1.21 bits per heavy atom. The number of rotatable bonds is 3. The van der Waals surface area contributed by atoms with E-state index in [1.165, 1.54) is 57.1 Å². The molecule has 2 aromatic rings. The van der Waals surface area contributed by atoms with Gasteiger partial charge in [-0.3, -0.25) is 9.59 Å². The average molecular weight is 527 g/mol. The summed E-state index contributed by atoms with van der Waals surface area (Å²) in [6.45, 7) is 2.13. The van der Waals surface area contributed by atoms with Crippen molar-refractivity contribution in [3.8, 4) is 0 Å². The molecular weight excluding hydrogens is 501 g/mol. The van der Waals surface area contributed by atoms with Crippen molar-refractivity contribution in [1.29, 1.82) is 0 Å². The predicted octanol–water partition coefficient (Wildman–Crippen LogP) is 7.21. The first kappa shape index (κ1) is 23.7. The van der Waals surface area contributed by atoms with Crippen LogP contribution in [-0.4, -0.2) is 25.7 Å². The lowest BCUT2D eigenvalue weighted by Gasteiger charge is -2.19. The van der Waals surface area contributed by atoms with Crippen LogP contribution in [-0.2, 0) is 0 Å². The van der Waals surface area contributed by atoms with Crippen LogP contribution in [0, 0.1) is 5.82 Å². The number of aldehydes is 2. The van der Waals surface area contributed by atoms with E-state index in [1.807, 2.05) is 18.2 Å². The van der Waals surface area contributed by atoms with Crippen LogP contribution in [0.2, 0.25) is 0 Å². The van der Waals surface area contributed by atoms with Gasteiger partial charge in [-0.25, -0.2) is 4.39 Å². The van der Waals surface area contributed by atoms with Gasteiger partial charge in [-0.15, -0.1) is 0 Å². The maximum atomic E-state index is 12.6. The van der Waals surface area contributed by atoms with Crippen molar-refractivity contribution in [2.24, 2.45) is 0 Å². The molecule has 0 atom stereocenters. The van der Waals surface area contributed by atoms with Gasteiger partial charge in [0.25, 0.3) is 0 Å². The third-order valence-corrected chi connectivity index (χ3v) is 5.89. The number of halogens is 3. The van der Waals surface area contributed by atoms with Gasteiger partial charge >= 0.3 is 0 Å². The summed E-state index contributed by atoms with van der Waals surface area (Å²) < 4.78 is 14.3. The maximum Gasteiger partial charge on any atom is 0.152 e. The molecule has 3 nitrogen and oxygen atoms in total. The lowest BCUT2D eigenvalue weighted by molar-refractivity contribution is 0.111. The Morgan fingerprint density at radius 3 is 1.69 bits per heavy atom. The van der Waals surface area contributed by atoms with E-state index in [9.17, 15) is 14.0 Å². The summed E-state index contributed by atoms with van der Waals surface area (Å²) in [5, 5.41) is 0. The number of nitrogens with zero attached hydrogens (tertiary/aromatic N) is 1. The number of anilines is 1. The first-order chi connectivity index (χ1) is 14.0. The van der Waals surface area contributed by atoms with Gasteiger partial charge in [0.05, 0.1) is 5.56 Å². The topological polar surface area (TPSA) is 37.4 Å². The summed E-state index contributed by atoms with van der Waals surface area (Å²) in [6.07, 6.45) is 11.4. The molecule has 1 saturated heterocycles. The van der Waals surface area contributed by atoms with Gasteiger partial charge in [-0.2, -0.15) is 0 Å². The first-order valence-electron chi connectivity index (χ1n) is 9.95. The summed E-state index contributed by atoms with van der Waals surface area (Å²) in [5.41, 5.74) is 1.94. The van der Waals surface area contributed by atoms with Crippen molar-refractivity contribution in [2.75, 3.05) is 18.0 Å². The van der Waals surface area contributed by atoms with Crippen molar-refractivity contribution in [3.63, 3.8) is 0 Å². The fourth-order valence-corrected chi connectivity index (χ4v) is 4.01. The summed E-state index contributed by atoms with van der Waals surface area (Å²) in [4.78, 5) is 23.2. The lowest BCUT2D eigenvalue weighted by Crippen LogP contribution is -2.19. The van der Waals surface area contributed by atoms with Gasteiger partial charge in [0.1, 0.15) is 5.82 Å².